The zero-order valence-corrected chi connectivity index (χ0v) is 11.1. The summed E-state index contributed by atoms with van der Waals surface area (Å²) in [5, 5.41) is 23.5. The van der Waals surface area contributed by atoms with Crippen molar-refractivity contribution in [2.45, 2.75) is 0 Å². The maximum atomic E-state index is 13.1. The Bertz CT molecular complexity index is 744. The number of non-ortho nitro benzene ring substituents is 1. The Balaban J connectivity index is 2.04. The van der Waals surface area contributed by atoms with Gasteiger partial charge in [-0.3, -0.25) is 14.9 Å². The van der Waals surface area contributed by atoms with Crippen molar-refractivity contribution in [1.82, 2.24) is 5.43 Å². The normalized spacial score (nSPS) is 10.6. The second-order valence-corrected chi connectivity index (χ2v) is 4.18. The van der Waals surface area contributed by atoms with Gasteiger partial charge in [-0.25, -0.2) is 9.82 Å². The highest BCUT2D eigenvalue weighted by Crippen LogP contribution is 2.18. The van der Waals surface area contributed by atoms with Gasteiger partial charge >= 0.3 is 0 Å². The lowest BCUT2D eigenvalue weighted by molar-refractivity contribution is -0.384. The van der Waals surface area contributed by atoms with Gasteiger partial charge in [-0.2, -0.15) is 5.10 Å². The molecule has 2 N–H and O–H groups in total. The molecule has 22 heavy (non-hydrogen) atoms. The Morgan fingerprint density at radius 1 is 1.27 bits per heavy atom. The first-order valence-electron chi connectivity index (χ1n) is 6.04. The maximum Gasteiger partial charge on any atom is 0.271 e. The largest absolute Gasteiger partial charge is 0.504 e. The average molecular weight is 303 g/mol. The third-order valence-electron chi connectivity index (χ3n) is 2.73. The molecule has 0 saturated heterocycles. The maximum absolute atomic E-state index is 13.1. The summed E-state index contributed by atoms with van der Waals surface area (Å²) in [5.74, 6) is -1.97. The number of nitrogens with zero attached hydrogens (tertiary/aromatic N) is 2. The summed E-state index contributed by atoms with van der Waals surface area (Å²) in [6.45, 7) is 0. The predicted molar refractivity (Wildman–Crippen MR) is 76.2 cm³/mol. The smallest absolute Gasteiger partial charge is 0.271 e. The molecule has 2 aromatic rings. The fourth-order valence-corrected chi connectivity index (χ4v) is 1.60. The lowest BCUT2D eigenvalue weighted by Gasteiger charge is -2.01. The van der Waals surface area contributed by atoms with E-state index in [0.29, 0.717) is 0 Å². The molecule has 0 unspecified atom stereocenters. The molecule has 0 saturated carbocycles. The van der Waals surface area contributed by atoms with Crippen LogP contribution in [0.15, 0.2) is 47.6 Å². The fraction of sp³-hybridized carbons (Fsp3) is 0. The van der Waals surface area contributed by atoms with Crippen molar-refractivity contribution in [3.05, 3.63) is 69.5 Å². The van der Waals surface area contributed by atoms with Crippen molar-refractivity contribution in [3.63, 3.8) is 0 Å². The molecule has 0 radical (unpaired) electrons. The Hall–Kier alpha value is -3.29. The fourth-order valence-electron chi connectivity index (χ4n) is 1.60. The van der Waals surface area contributed by atoms with Crippen molar-refractivity contribution in [2.75, 3.05) is 0 Å². The number of amides is 1. The minimum absolute atomic E-state index is 0.101. The topological polar surface area (TPSA) is 105 Å². The number of aromatic hydroxyl groups is 1. The lowest BCUT2D eigenvalue weighted by Crippen LogP contribution is -2.17. The number of para-hydroxylation sites is 1. The molecule has 8 heteroatoms. The van der Waals surface area contributed by atoms with Crippen LogP contribution in [0.1, 0.15) is 15.9 Å². The number of carbonyl (C=O) groups is 1. The summed E-state index contributed by atoms with van der Waals surface area (Å²) >= 11 is 0. The predicted octanol–water partition coefficient (Wildman–Crippen LogP) is 2.20. The van der Waals surface area contributed by atoms with Gasteiger partial charge in [0.1, 0.15) is 0 Å². The molecule has 0 aliphatic carbocycles. The molecular weight excluding hydrogens is 293 g/mol. The Kier molecular flexibility index (Phi) is 4.42. The highest BCUT2D eigenvalue weighted by Gasteiger charge is 2.09. The number of hydrogen-bond donors (Lipinski definition) is 2. The molecule has 0 aliphatic heterocycles. The van der Waals surface area contributed by atoms with Crippen molar-refractivity contribution in [3.8, 4) is 5.75 Å². The summed E-state index contributed by atoms with van der Waals surface area (Å²) in [4.78, 5) is 21.7. The standard InChI is InChI=1S/C14H10FN3O4/c15-12-3-1-2-10(13(12)19)8-16-17-14(20)9-4-6-11(7-5-9)18(21)22/h1-8,19H,(H,17,20)/b16-8+. The number of halogens is 1. The van der Waals surface area contributed by atoms with E-state index in [1.807, 2.05) is 0 Å². The number of hydrazone groups is 1. The first-order chi connectivity index (χ1) is 10.5. The summed E-state index contributed by atoms with van der Waals surface area (Å²) < 4.78 is 13.1. The molecule has 0 spiro atoms. The van der Waals surface area contributed by atoms with Gasteiger partial charge < -0.3 is 5.11 Å². The van der Waals surface area contributed by atoms with Gasteiger partial charge in [-0.1, -0.05) is 6.07 Å². The van der Waals surface area contributed by atoms with Crippen LogP contribution in [-0.4, -0.2) is 22.2 Å². The number of phenols is 1. The van der Waals surface area contributed by atoms with E-state index in [-0.39, 0.29) is 16.8 Å². The Morgan fingerprint density at radius 3 is 2.59 bits per heavy atom. The molecule has 0 aliphatic rings. The van der Waals surface area contributed by atoms with Crippen LogP contribution in [0.25, 0.3) is 0 Å². The van der Waals surface area contributed by atoms with Crippen LogP contribution in [0.4, 0.5) is 10.1 Å². The Morgan fingerprint density at radius 2 is 1.95 bits per heavy atom. The minimum atomic E-state index is -0.800. The van der Waals surface area contributed by atoms with Crippen LogP contribution in [-0.2, 0) is 0 Å². The van der Waals surface area contributed by atoms with Crippen molar-refractivity contribution in [2.24, 2.45) is 5.10 Å². The zero-order valence-electron chi connectivity index (χ0n) is 11.1. The molecule has 0 bridgehead atoms. The highest BCUT2D eigenvalue weighted by molar-refractivity contribution is 5.95. The van der Waals surface area contributed by atoms with Crippen molar-refractivity contribution in [1.29, 1.82) is 0 Å². The molecule has 0 heterocycles. The summed E-state index contributed by atoms with van der Waals surface area (Å²) in [6, 6.07) is 8.83. The van der Waals surface area contributed by atoms with Crippen molar-refractivity contribution < 1.29 is 19.2 Å². The number of nitro benzene ring substituents is 1. The van der Waals surface area contributed by atoms with E-state index in [0.717, 1.165) is 12.3 Å². The monoisotopic (exact) mass is 303 g/mol. The van der Waals surface area contributed by atoms with E-state index in [1.54, 1.807) is 0 Å². The molecule has 0 atom stereocenters. The number of phenolic OH excluding ortho intramolecular Hbond substituents is 1. The Labute approximate surface area is 123 Å². The van der Waals surface area contributed by atoms with Crippen LogP contribution in [0.5, 0.6) is 5.75 Å². The van der Waals surface area contributed by atoms with Crippen LogP contribution in [0.3, 0.4) is 0 Å². The molecule has 112 valence electrons. The third kappa shape index (κ3) is 3.42. The van der Waals surface area contributed by atoms with Gasteiger partial charge in [0.2, 0.25) is 0 Å². The first-order valence-corrected chi connectivity index (χ1v) is 6.04. The summed E-state index contributed by atoms with van der Waals surface area (Å²) in [5.41, 5.74) is 2.31. The number of nitro groups is 1. The SMILES string of the molecule is O=C(N/N=C/c1cccc(F)c1O)c1ccc([N+](=O)[O-])cc1. The van der Waals surface area contributed by atoms with Gasteiger partial charge in [0, 0.05) is 23.3 Å². The number of carbonyl (C=O) groups excluding carboxylic acids is 1. The zero-order chi connectivity index (χ0) is 16.1. The number of rotatable bonds is 4. The van der Waals surface area contributed by atoms with E-state index < -0.39 is 22.4 Å². The van der Waals surface area contributed by atoms with Gasteiger partial charge in [0.05, 0.1) is 11.1 Å². The number of benzene rings is 2. The third-order valence-corrected chi connectivity index (χ3v) is 2.73. The number of hydrogen-bond acceptors (Lipinski definition) is 5. The molecule has 1 amide bonds. The molecule has 0 aromatic heterocycles. The molecule has 7 nitrogen and oxygen atoms in total. The van der Waals surface area contributed by atoms with Gasteiger partial charge in [-0.15, -0.1) is 0 Å². The second-order valence-electron chi connectivity index (χ2n) is 4.18. The van der Waals surface area contributed by atoms with Crippen LogP contribution in [0, 0.1) is 15.9 Å². The van der Waals surface area contributed by atoms with Gasteiger partial charge in [0.15, 0.2) is 11.6 Å². The van der Waals surface area contributed by atoms with E-state index >= 15 is 0 Å². The van der Waals surface area contributed by atoms with E-state index in [2.05, 4.69) is 10.5 Å². The quantitative estimate of drug-likeness (QED) is 0.513. The molecule has 2 rings (SSSR count). The van der Waals surface area contributed by atoms with Crippen LogP contribution >= 0.6 is 0 Å². The lowest BCUT2D eigenvalue weighted by atomic mass is 10.2. The minimum Gasteiger partial charge on any atom is -0.504 e. The highest BCUT2D eigenvalue weighted by atomic mass is 19.1. The molecule has 2 aromatic carbocycles. The first kappa shape index (κ1) is 15.1. The van der Waals surface area contributed by atoms with Gasteiger partial charge in [-0.05, 0) is 24.3 Å². The van der Waals surface area contributed by atoms with E-state index in [1.165, 1.54) is 36.4 Å². The molecular formula is C14H10FN3O4. The van der Waals surface area contributed by atoms with Crippen LogP contribution < -0.4 is 5.43 Å². The summed E-state index contributed by atoms with van der Waals surface area (Å²) in [6.07, 6.45) is 1.09. The van der Waals surface area contributed by atoms with Crippen molar-refractivity contribution >= 4 is 17.8 Å². The second kappa shape index (κ2) is 6.44. The van der Waals surface area contributed by atoms with Crippen LogP contribution in [0.2, 0.25) is 0 Å². The van der Waals surface area contributed by atoms with E-state index in [9.17, 15) is 24.4 Å². The van der Waals surface area contributed by atoms with Gasteiger partial charge in [0.25, 0.3) is 11.6 Å². The average Bonchev–Trinajstić information content (AvgIpc) is 2.51. The number of nitrogens with one attached hydrogen (secondary N) is 1. The summed E-state index contributed by atoms with van der Waals surface area (Å²) in [7, 11) is 0. The molecule has 0 fully saturated rings. The van der Waals surface area contributed by atoms with E-state index in [4.69, 9.17) is 0 Å².